The van der Waals surface area contributed by atoms with Gasteiger partial charge < -0.3 is 4.74 Å². The van der Waals surface area contributed by atoms with Crippen molar-refractivity contribution in [2.75, 3.05) is 42.4 Å². The van der Waals surface area contributed by atoms with E-state index in [9.17, 15) is 9.59 Å². The lowest BCUT2D eigenvalue weighted by Gasteiger charge is -2.35. The molecule has 7 heteroatoms. The Morgan fingerprint density at radius 2 is 1.77 bits per heavy atom. The molecule has 0 radical (unpaired) electrons. The van der Waals surface area contributed by atoms with E-state index >= 15 is 0 Å². The number of anilines is 2. The Bertz CT molecular complexity index is 1000. The van der Waals surface area contributed by atoms with Crippen LogP contribution in [0.15, 0.2) is 48.5 Å². The van der Waals surface area contributed by atoms with Gasteiger partial charge in [0.05, 0.1) is 25.2 Å². The van der Waals surface area contributed by atoms with E-state index in [2.05, 4.69) is 11.8 Å². The number of piperidine rings is 1. The highest BCUT2D eigenvalue weighted by Crippen LogP contribution is 2.55. The first-order valence-corrected chi connectivity index (χ1v) is 11.8. The summed E-state index contributed by atoms with van der Waals surface area (Å²) in [6, 6.07) is 15.3. The lowest BCUT2D eigenvalue weighted by atomic mass is 10.00. The number of fused-ring (bicyclic) bond motifs is 2. The maximum Gasteiger partial charge on any atom is 0.269 e. The van der Waals surface area contributed by atoms with Gasteiger partial charge in [0.25, 0.3) is 5.91 Å². The summed E-state index contributed by atoms with van der Waals surface area (Å²) in [5.41, 5.74) is 2.52. The van der Waals surface area contributed by atoms with Gasteiger partial charge in [0.1, 0.15) is 5.75 Å². The summed E-state index contributed by atoms with van der Waals surface area (Å²) in [7, 11) is 1.61. The van der Waals surface area contributed by atoms with E-state index in [0.29, 0.717) is 12.4 Å². The van der Waals surface area contributed by atoms with Gasteiger partial charge in [0.15, 0.2) is 0 Å². The van der Waals surface area contributed by atoms with Crippen LogP contribution in [0.2, 0.25) is 0 Å². The maximum atomic E-state index is 14.0. The lowest BCUT2D eigenvalue weighted by molar-refractivity contribution is -0.124. The highest BCUT2D eigenvalue weighted by Gasteiger charge is 2.61. The fraction of sp³-hybridized carbons (Fsp3) is 0.417. The summed E-state index contributed by atoms with van der Waals surface area (Å²) in [6.45, 7) is 4.84. The van der Waals surface area contributed by atoms with Crippen molar-refractivity contribution in [2.45, 2.75) is 24.6 Å². The smallest absolute Gasteiger partial charge is 0.269 e. The Labute approximate surface area is 187 Å². The van der Waals surface area contributed by atoms with Gasteiger partial charge in [-0.1, -0.05) is 25.1 Å². The third-order valence-corrected chi connectivity index (χ3v) is 8.00. The van der Waals surface area contributed by atoms with Crippen LogP contribution in [0.3, 0.4) is 0 Å². The van der Waals surface area contributed by atoms with Crippen molar-refractivity contribution in [3.05, 3.63) is 54.1 Å². The first kappa shape index (κ1) is 20.4. The van der Waals surface area contributed by atoms with Crippen LogP contribution in [0.25, 0.3) is 0 Å². The number of amides is 2. The van der Waals surface area contributed by atoms with E-state index in [1.54, 1.807) is 12.0 Å². The molecule has 0 N–H and O–H groups in total. The van der Waals surface area contributed by atoms with Gasteiger partial charge >= 0.3 is 0 Å². The Balaban J connectivity index is 1.54. The van der Waals surface area contributed by atoms with Crippen molar-refractivity contribution in [2.24, 2.45) is 5.92 Å². The van der Waals surface area contributed by atoms with E-state index in [1.807, 2.05) is 53.4 Å². The number of carbonyl (C=O) groups is 2. The van der Waals surface area contributed by atoms with Crippen LogP contribution >= 0.6 is 11.8 Å². The molecule has 0 saturated carbocycles. The minimum Gasteiger partial charge on any atom is -0.497 e. The number of carbonyl (C=O) groups excluding carboxylic acids is 2. The van der Waals surface area contributed by atoms with E-state index < -0.39 is 4.87 Å². The van der Waals surface area contributed by atoms with Crippen molar-refractivity contribution in [1.29, 1.82) is 0 Å². The van der Waals surface area contributed by atoms with Crippen molar-refractivity contribution in [1.82, 2.24) is 4.90 Å². The van der Waals surface area contributed by atoms with E-state index in [0.717, 1.165) is 48.8 Å². The van der Waals surface area contributed by atoms with Gasteiger partial charge in [-0.25, -0.2) is 0 Å². The molecular weight excluding hydrogens is 410 g/mol. The summed E-state index contributed by atoms with van der Waals surface area (Å²) in [6.07, 6.45) is 2.31. The summed E-state index contributed by atoms with van der Waals surface area (Å²) in [5.74, 6) is 1.65. The Morgan fingerprint density at radius 3 is 2.48 bits per heavy atom. The molecule has 162 valence electrons. The number of para-hydroxylation sites is 1. The molecule has 2 aromatic carbocycles. The summed E-state index contributed by atoms with van der Waals surface area (Å²) in [4.78, 5) is 32.0. The highest BCUT2D eigenvalue weighted by atomic mass is 32.2. The van der Waals surface area contributed by atoms with Crippen LogP contribution in [0.4, 0.5) is 11.4 Å². The summed E-state index contributed by atoms with van der Waals surface area (Å²) >= 11 is 1.43. The van der Waals surface area contributed by atoms with Gasteiger partial charge in [-0.3, -0.25) is 24.3 Å². The average Bonchev–Trinajstić information content (AvgIpc) is 3.26. The van der Waals surface area contributed by atoms with Gasteiger partial charge in [-0.15, -0.1) is 11.8 Å². The van der Waals surface area contributed by atoms with E-state index in [4.69, 9.17) is 4.74 Å². The highest BCUT2D eigenvalue weighted by molar-refractivity contribution is 8.02. The molecule has 6 nitrogen and oxygen atoms in total. The zero-order valence-corrected chi connectivity index (χ0v) is 18.7. The number of ether oxygens (including phenoxy) is 1. The molecule has 0 unspecified atom stereocenters. The number of nitrogens with zero attached hydrogens (tertiary/aromatic N) is 3. The molecular formula is C24H27N3O3S. The number of methoxy groups -OCH3 is 1. The molecule has 2 aromatic rings. The zero-order valence-electron chi connectivity index (χ0n) is 17.9. The molecule has 2 saturated heterocycles. The molecule has 0 bridgehead atoms. The van der Waals surface area contributed by atoms with Crippen LogP contribution in [-0.4, -0.2) is 49.3 Å². The third-order valence-electron chi connectivity index (χ3n) is 6.61. The zero-order chi connectivity index (χ0) is 21.6. The molecule has 5 rings (SSSR count). The molecule has 3 heterocycles. The summed E-state index contributed by atoms with van der Waals surface area (Å²) < 4.78 is 5.27. The first-order chi connectivity index (χ1) is 15.0. The molecule has 0 aliphatic carbocycles. The predicted molar refractivity (Wildman–Crippen MR) is 123 cm³/mol. The topological polar surface area (TPSA) is 53.1 Å². The Hall–Kier alpha value is -2.51. The number of hydrogen-bond donors (Lipinski definition) is 0. The largest absolute Gasteiger partial charge is 0.497 e. The number of rotatable bonds is 4. The second-order valence-electron chi connectivity index (χ2n) is 8.55. The monoisotopic (exact) mass is 437 g/mol. The van der Waals surface area contributed by atoms with Crippen LogP contribution in [0, 0.1) is 5.92 Å². The fourth-order valence-electron chi connectivity index (χ4n) is 4.83. The van der Waals surface area contributed by atoms with Gasteiger partial charge in [0.2, 0.25) is 10.8 Å². The minimum atomic E-state index is -1.05. The van der Waals surface area contributed by atoms with Gasteiger partial charge in [0, 0.05) is 24.3 Å². The Morgan fingerprint density at radius 1 is 1.06 bits per heavy atom. The Kier molecular flexibility index (Phi) is 5.18. The van der Waals surface area contributed by atoms with E-state index in [1.165, 1.54) is 11.8 Å². The third kappa shape index (κ3) is 3.22. The van der Waals surface area contributed by atoms with Crippen LogP contribution in [0.5, 0.6) is 5.75 Å². The molecule has 3 aliphatic heterocycles. The molecule has 0 aromatic heterocycles. The number of hydrogen-bond acceptors (Lipinski definition) is 5. The number of thioether (sulfide) groups is 1. The fourth-order valence-corrected chi connectivity index (χ4v) is 6.19. The second kappa shape index (κ2) is 7.88. The van der Waals surface area contributed by atoms with Crippen molar-refractivity contribution >= 4 is 35.0 Å². The lowest BCUT2D eigenvalue weighted by Crippen LogP contribution is -2.52. The molecule has 3 aliphatic rings. The van der Waals surface area contributed by atoms with Gasteiger partial charge in [-0.05, 0) is 49.1 Å². The normalized spacial score (nSPS) is 24.3. The minimum absolute atomic E-state index is 0.0287. The van der Waals surface area contributed by atoms with Crippen LogP contribution in [0.1, 0.15) is 25.3 Å². The van der Waals surface area contributed by atoms with Gasteiger partial charge in [-0.2, -0.15) is 0 Å². The maximum absolute atomic E-state index is 14.0. The molecule has 1 atom stereocenters. The number of benzene rings is 2. The first-order valence-electron chi connectivity index (χ1n) is 10.8. The predicted octanol–water partition coefficient (Wildman–Crippen LogP) is 3.66. The second-order valence-corrected chi connectivity index (χ2v) is 9.72. The van der Waals surface area contributed by atoms with Crippen molar-refractivity contribution in [3.63, 3.8) is 0 Å². The average molecular weight is 438 g/mol. The van der Waals surface area contributed by atoms with Crippen LogP contribution in [-0.2, 0) is 14.5 Å². The quantitative estimate of drug-likeness (QED) is 0.731. The number of likely N-dealkylation sites (tertiary alicyclic amines) is 1. The summed E-state index contributed by atoms with van der Waals surface area (Å²) in [5, 5.41) is 0. The standard InChI is InChI=1S/C24H27N3O3S/c1-17-11-13-25(14-12-17)16-26-21-6-4-3-5-20(21)24(23(26)29)27(22(28)15-31-24)18-7-9-19(30-2)10-8-18/h3-10,17H,11-16H2,1-2H3/t24-/m1/s1. The molecule has 31 heavy (non-hydrogen) atoms. The van der Waals surface area contributed by atoms with Crippen molar-refractivity contribution < 1.29 is 14.3 Å². The molecule has 2 amide bonds. The SMILES string of the molecule is COc1ccc(N2C(=O)CS[C@]23C(=O)N(CN2CCC(C)CC2)c2ccccc23)cc1. The van der Waals surface area contributed by atoms with Crippen LogP contribution < -0.4 is 14.5 Å². The molecule has 1 spiro atoms. The van der Waals surface area contributed by atoms with E-state index in [-0.39, 0.29) is 17.6 Å². The molecule has 2 fully saturated rings. The van der Waals surface area contributed by atoms with Crippen molar-refractivity contribution in [3.8, 4) is 5.75 Å².